The molecule has 4 heteroatoms. The fraction of sp³-hybridized carbons (Fsp3) is 0. The minimum Gasteiger partial charge on any atom is -0.245 e. The van der Waals surface area contributed by atoms with Gasteiger partial charge in [0.05, 0.1) is 44.8 Å². The minimum atomic E-state index is 0.854. The SMILES string of the molecule is C=Cc1c(C=C)c2cc(-c3ccc4ccc5ccc(-c6cccc(-c7ccc8ccc9ccc(-c%10cc%11c%12ccccc%12c%12ccccc%12c%11c%11ccccc%10%11)nc9c8n7)c6)nc5c4n3)c3ccccc3c2c2ccccc12. The number of nitrogens with zero attached hydrogens (tertiary/aromatic N) is 4. The highest BCUT2D eigenvalue weighted by atomic mass is 14.8. The molecular weight excluding hydrogens is 945 g/mol. The van der Waals surface area contributed by atoms with Gasteiger partial charge in [-0.1, -0.05) is 213 Å². The summed E-state index contributed by atoms with van der Waals surface area (Å²) >= 11 is 0. The van der Waals surface area contributed by atoms with Crippen LogP contribution in [0.5, 0.6) is 0 Å². The van der Waals surface area contributed by atoms with E-state index in [1.54, 1.807) is 0 Å². The van der Waals surface area contributed by atoms with Gasteiger partial charge in [-0.15, -0.1) is 0 Å². The molecule has 0 N–H and O–H groups in total. The van der Waals surface area contributed by atoms with E-state index in [1.807, 2.05) is 12.2 Å². The van der Waals surface area contributed by atoms with Crippen LogP contribution in [0.15, 0.2) is 244 Å². The molecule has 0 spiro atoms. The van der Waals surface area contributed by atoms with Crippen molar-refractivity contribution < 1.29 is 0 Å². The number of pyridine rings is 4. The summed E-state index contributed by atoms with van der Waals surface area (Å²) < 4.78 is 0. The van der Waals surface area contributed by atoms with Gasteiger partial charge in [-0.3, -0.25) is 0 Å². The lowest BCUT2D eigenvalue weighted by Crippen LogP contribution is -1.94. The third kappa shape index (κ3) is 6.53. The van der Waals surface area contributed by atoms with Gasteiger partial charge in [0.2, 0.25) is 0 Å². The summed E-state index contributed by atoms with van der Waals surface area (Å²) in [5.74, 6) is 0. The summed E-state index contributed by atoms with van der Waals surface area (Å²) in [4.78, 5) is 21.9. The van der Waals surface area contributed by atoms with Crippen LogP contribution in [0.4, 0.5) is 0 Å². The normalized spacial score (nSPS) is 11.9. The fourth-order valence-electron chi connectivity index (χ4n) is 12.7. The summed E-state index contributed by atoms with van der Waals surface area (Å²) in [5.41, 5.74) is 13.3. The van der Waals surface area contributed by atoms with Gasteiger partial charge in [-0.2, -0.15) is 0 Å². The van der Waals surface area contributed by atoms with E-state index in [1.165, 1.54) is 64.6 Å². The summed E-state index contributed by atoms with van der Waals surface area (Å²) in [7, 11) is 0. The van der Waals surface area contributed by atoms with E-state index in [0.717, 1.165) is 111 Å². The molecule has 0 aliphatic heterocycles. The second kappa shape index (κ2) is 17.1. The molecule has 0 saturated carbocycles. The van der Waals surface area contributed by atoms with Crippen molar-refractivity contribution in [3.05, 3.63) is 255 Å². The van der Waals surface area contributed by atoms with Crippen LogP contribution in [0.1, 0.15) is 11.1 Å². The Labute approximate surface area is 448 Å². The van der Waals surface area contributed by atoms with Crippen LogP contribution in [0, 0.1) is 0 Å². The molecule has 0 saturated heterocycles. The van der Waals surface area contributed by atoms with Crippen molar-refractivity contribution in [2.75, 3.05) is 0 Å². The summed E-state index contributed by atoms with van der Waals surface area (Å²) in [6.07, 6.45) is 3.92. The zero-order valence-electron chi connectivity index (χ0n) is 42.3. The Morgan fingerprint density at radius 3 is 1.01 bits per heavy atom. The van der Waals surface area contributed by atoms with Gasteiger partial charge in [-0.05, 0) is 129 Å². The third-order valence-electron chi connectivity index (χ3n) is 16.3. The fourth-order valence-corrected chi connectivity index (χ4v) is 12.7. The van der Waals surface area contributed by atoms with Crippen LogP contribution in [0.2, 0.25) is 0 Å². The monoisotopic (exact) mass is 988 g/mol. The van der Waals surface area contributed by atoms with Crippen molar-refractivity contribution in [1.29, 1.82) is 0 Å². The lowest BCUT2D eigenvalue weighted by Gasteiger charge is -2.17. The second-order valence-corrected chi connectivity index (χ2v) is 20.4. The Kier molecular flexibility index (Phi) is 9.60. The molecule has 0 atom stereocenters. The number of fused-ring (bicyclic) bond motifs is 19. The second-order valence-electron chi connectivity index (χ2n) is 20.4. The Morgan fingerprint density at radius 2 is 0.551 bits per heavy atom. The Bertz CT molecular complexity index is 5320. The van der Waals surface area contributed by atoms with E-state index in [0.29, 0.717) is 0 Å². The predicted octanol–water partition coefficient (Wildman–Crippen LogP) is 19.9. The Balaban J connectivity index is 0.815. The number of rotatable bonds is 6. The van der Waals surface area contributed by atoms with Gasteiger partial charge in [0, 0.05) is 43.8 Å². The molecule has 360 valence electrons. The molecule has 4 aromatic heterocycles. The van der Waals surface area contributed by atoms with Gasteiger partial charge in [-0.25, -0.2) is 19.9 Å². The van der Waals surface area contributed by atoms with Crippen LogP contribution in [0.3, 0.4) is 0 Å². The lowest BCUT2D eigenvalue weighted by atomic mass is 9.86. The van der Waals surface area contributed by atoms with Crippen molar-refractivity contribution in [2.24, 2.45) is 0 Å². The van der Waals surface area contributed by atoms with Crippen LogP contribution >= 0.6 is 0 Å². The number of benzene rings is 12. The summed E-state index contributed by atoms with van der Waals surface area (Å²) in [6.45, 7) is 8.53. The molecule has 0 aliphatic rings. The Morgan fingerprint density at radius 1 is 0.244 bits per heavy atom. The van der Waals surface area contributed by atoms with Crippen LogP contribution in [0.25, 0.3) is 176 Å². The van der Waals surface area contributed by atoms with Crippen LogP contribution in [-0.2, 0) is 0 Å². The molecule has 0 fully saturated rings. The highest BCUT2D eigenvalue weighted by Gasteiger charge is 2.20. The Hall–Kier alpha value is -10.4. The van der Waals surface area contributed by atoms with Crippen molar-refractivity contribution in [3.8, 4) is 45.0 Å². The molecule has 0 aliphatic carbocycles. The smallest absolute Gasteiger partial charge is 0.0972 e. The lowest BCUT2D eigenvalue weighted by molar-refractivity contribution is 1.36. The van der Waals surface area contributed by atoms with Crippen molar-refractivity contribution in [3.63, 3.8) is 0 Å². The van der Waals surface area contributed by atoms with E-state index in [-0.39, 0.29) is 0 Å². The highest BCUT2D eigenvalue weighted by molar-refractivity contribution is 6.33. The average Bonchev–Trinajstić information content (AvgIpc) is 3.68. The molecule has 4 heterocycles. The maximum atomic E-state index is 5.52. The zero-order chi connectivity index (χ0) is 51.6. The standard InChI is InChI=1S/C74H44N4/c1-3-49-50(4-2)63-41-61(55-22-9-13-26-59(55)69(63)57-24-11-7-18-51(49)57)67-38-34-45-30-28-43-32-36-65(75-71(43)73(45)77-67)47-16-15-17-48(40-47)66-37-33-44-29-31-46-35-39-68(78-74(46)72(44)76-66)62-42-64-54-21-6-5-19-52(54)53-20-8-12-25-58(53)70(64)60-27-14-10-23-56(60)62/h3-42H,1-2H2. The van der Waals surface area contributed by atoms with Crippen molar-refractivity contribution >= 4 is 131 Å². The zero-order valence-corrected chi connectivity index (χ0v) is 42.3. The predicted molar refractivity (Wildman–Crippen MR) is 332 cm³/mol. The highest BCUT2D eigenvalue weighted by Crippen LogP contribution is 2.45. The maximum absolute atomic E-state index is 5.52. The third-order valence-corrected chi connectivity index (χ3v) is 16.3. The van der Waals surface area contributed by atoms with E-state index in [9.17, 15) is 0 Å². The first-order valence-electron chi connectivity index (χ1n) is 26.5. The van der Waals surface area contributed by atoms with Gasteiger partial charge >= 0.3 is 0 Å². The van der Waals surface area contributed by atoms with E-state index in [4.69, 9.17) is 19.9 Å². The molecule has 0 amide bonds. The van der Waals surface area contributed by atoms with E-state index in [2.05, 4.69) is 244 Å². The summed E-state index contributed by atoms with van der Waals surface area (Å²) in [6, 6.07) is 82.7. The molecule has 16 aromatic rings. The average molecular weight is 989 g/mol. The molecule has 16 rings (SSSR count). The number of hydrogen-bond donors (Lipinski definition) is 0. The number of aromatic nitrogens is 4. The molecule has 78 heavy (non-hydrogen) atoms. The summed E-state index contributed by atoms with van der Waals surface area (Å²) in [5, 5.41) is 21.0. The van der Waals surface area contributed by atoms with Gasteiger partial charge in [0.15, 0.2) is 0 Å². The first-order chi connectivity index (χ1) is 38.6. The first kappa shape index (κ1) is 43.9. The largest absolute Gasteiger partial charge is 0.245 e. The van der Waals surface area contributed by atoms with E-state index >= 15 is 0 Å². The number of hydrogen-bond acceptors (Lipinski definition) is 4. The molecule has 0 radical (unpaired) electrons. The van der Waals surface area contributed by atoms with Crippen LogP contribution in [-0.4, -0.2) is 19.9 Å². The van der Waals surface area contributed by atoms with Crippen LogP contribution < -0.4 is 0 Å². The van der Waals surface area contributed by atoms with E-state index < -0.39 is 0 Å². The molecule has 0 bridgehead atoms. The molecule has 12 aromatic carbocycles. The maximum Gasteiger partial charge on any atom is 0.0972 e. The topological polar surface area (TPSA) is 51.6 Å². The van der Waals surface area contributed by atoms with Crippen molar-refractivity contribution in [2.45, 2.75) is 0 Å². The first-order valence-corrected chi connectivity index (χ1v) is 26.5. The molecular formula is C74H44N4. The minimum absolute atomic E-state index is 0.854. The van der Waals surface area contributed by atoms with Crippen molar-refractivity contribution in [1.82, 2.24) is 19.9 Å². The molecule has 0 unspecified atom stereocenters. The van der Waals surface area contributed by atoms with Gasteiger partial charge in [0.1, 0.15) is 0 Å². The quantitative estimate of drug-likeness (QED) is 0.156. The van der Waals surface area contributed by atoms with Gasteiger partial charge < -0.3 is 0 Å². The molecule has 4 nitrogen and oxygen atoms in total. The van der Waals surface area contributed by atoms with Gasteiger partial charge in [0.25, 0.3) is 0 Å².